The molecule has 1 unspecified atom stereocenters. The summed E-state index contributed by atoms with van der Waals surface area (Å²) < 4.78 is 5.27. The Hall–Kier alpha value is -1.46. The van der Waals surface area contributed by atoms with Crippen molar-refractivity contribution >= 4 is 12.1 Å². The van der Waals surface area contributed by atoms with Crippen LogP contribution in [0.1, 0.15) is 34.1 Å². The molecular weight excluding hydrogens is 246 g/mol. The molecule has 0 aromatic heterocycles. The number of ether oxygens (including phenoxy) is 1. The van der Waals surface area contributed by atoms with Gasteiger partial charge in [0.25, 0.3) is 0 Å². The van der Waals surface area contributed by atoms with Crippen molar-refractivity contribution in [2.45, 2.75) is 45.8 Å². The fraction of sp³-hybridized carbons (Fsp3) is 0.846. The van der Waals surface area contributed by atoms with Gasteiger partial charge in [-0.1, -0.05) is 0 Å². The standard InChI is InChI=1S/C13H25N3O3/c1-10(16-9-7-14-11(16)17)6-8-15(5)12(18)19-13(2,3)4/h10H,6-9H2,1-5H3,(H,14,17). The van der Waals surface area contributed by atoms with Gasteiger partial charge < -0.3 is 19.9 Å². The van der Waals surface area contributed by atoms with Crippen LogP contribution >= 0.6 is 0 Å². The molecular formula is C13H25N3O3. The van der Waals surface area contributed by atoms with Crippen molar-refractivity contribution in [3.05, 3.63) is 0 Å². The third-order valence-electron chi connectivity index (χ3n) is 3.01. The van der Waals surface area contributed by atoms with Crippen LogP contribution in [-0.2, 0) is 4.74 Å². The third kappa shape index (κ3) is 4.96. The number of hydrogen-bond donors (Lipinski definition) is 1. The average Bonchev–Trinajstić information content (AvgIpc) is 2.69. The van der Waals surface area contributed by atoms with Crippen LogP contribution in [-0.4, -0.2) is 60.2 Å². The Morgan fingerprint density at radius 3 is 2.63 bits per heavy atom. The number of urea groups is 1. The van der Waals surface area contributed by atoms with Gasteiger partial charge in [0, 0.05) is 32.7 Å². The van der Waals surface area contributed by atoms with Crippen LogP contribution in [0.4, 0.5) is 9.59 Å². The molecule has 0 saturated carbocycles. The van der Waals surface area contributed by atoms with Crippen LogP contribution in [0.2, 0.25) is 0 Å². The zero-order valence-corrected chi connectivity index (χ0v) is 12.5. The Labute approximate surface area is 115 Å². The summed E-state index contributed by atoms with van der Waals surface area (Å²) in [5.74, 6) is 0. The van der Waals surface area contributed by atoms with E-state index < -0.39 is 5.60 Å². The van der Waals surface area contributed by atoms with Crippen LogP contribution in [0.25, 0.3) is 0 Å². The van der Waals surface area contributed by atoms with E-state index in [4.69, 9.17) is 4.74 Å². The molecule has 0 aliphatic carbocycles. The zero-order chi connectivity index (χ0) is 14.6. The SMILES string of the molecule is CC(CCN(C)C(=O)OC(C)(C)C)N1CCNC1=O. The lowest BCUT2D eigenvalue weighted by atomic mass is 10.2. The van der Waals surface area contributed by atoms with E-state index in [0.29, 0.717) is 13.1 Å². The van der Waals surface area contributed by atoms with E-state index in [-0.39, 0.29) is 18.2 Å². The van der Waals surface area contributed by atoms with Crippen molar-refractivity contribution in [3.63, 3.8) is 0 Å². The summed E-state index contributed by atoms with van der Waals surface area (Å²) in [7, 11) is 1.71. The summed E-state index contributed by atoms with van der Waals surface area (Å²) in [6, 6.07) is 0.0970. The van der Waals surface area contributed by atoms with Crippen molar-refractivity contribution in [2.24, 2.45) is 0 Å². The van der Waals surface area contributed by atoms with Gasteiger partial charge in [0.2, 0.25) is 0 Å². The maximum absolute atomic E-state index is 11.8. The molecule has 1 atom stereocenters. The second-order valence-electron chi connectivity index (χ2n) is 5.96. The lowest BCUT2D eigenvalue weighted by Gasteiger charge is -2.27. The van der Waals surface area contributed by atoms with Crippen LogP contribution < -0.4 is 5.32 Å². The van der Waals surface area contributed by atoms with Crippen LogP contribution in [0.5, 0.6) is 0 Å². The Balaban J connectivity index is 2.35. The van der Waals surface area contributed by atoms with E-state index in [0.717, 1.165) is 13.0 Å². The first-order valence-electron chi connectivity index (χ1n) is 6.69. The molecule has 1 saturated heterocycles. The fourth-order valence-electron chi connectivity index (χ4n) is 1.87. The van der Waals surface area contributed by atoms with Gasteiger partial charge in [0.05, 0.1) is 0 Å². The molecule has 110 valence electrons. The van der Waals surface area contributed by atoms with Crippen LogP contribution in [0, 0.1) is 0 Å². The van der Waals surface area contributed by atoms with Crippen LogP contribution in [0.3, 0.4) is 0 Å². The predicted octanol–water partition coefficient (Wildman–Crippen LogP) is 1.66. The Morgan fingerprint density at radius 1 is 1.53 bits per heavy atom. The lowest BCUT2D eigenvalue weighted by molar-refractivity contribution is 0.0289. The van der Waals surface area contributed by atoms with Crippen LogP contribution in [0.15, 0.2) is 0 Å². The first-order chi connectivity index (χ1) is 8.70. The summed E-state index contributed by atoms with van der Waals surface area (Å²) in [6.45, 7) is 9.52. The maximum atomic E-state index is 11.8. The van der Waals surface area contributed by atoms with Crippen molar-refractivity contribution in [1.29, 1.82) is 0 Å². The van der Waals surface area contributed by atoms with Gasteiger partial charge in [-0.15, -0.1) is 0 Å². The summed E-state index contributed by atoms with van der Waals surface area (Å²) in [6.07, 6.45) is 0.411. The maximum Gasteiger partial charge on any atom is 0.410 e. The molecule has 0 aromatic rings. The van der Waals surface area contributed by atoms with Crippen molar-refractivity contribution in [1.82, 2.24) is 15.1 Å². The second-order valence-corrected chi connectivity index (χ2v) is 5.96. The number of amides is 3. The monoisotopic (exact) mass is 271 g/mol. The average molecular weight is 271 g/mol. The second kappa shape index (κ2) is 6.12. The van der Waals surface area contributed by atoms with E-state index in [2.05, 4.69) is 5.32 Å². The predicted molar refractivity (Wildman–Crippen MR) is 73.0 cm³/mol. The molecule has 0 spiro atoms. The molecule has 1 heterocycles. The minimum atomic E-state index is -0.480. The highest BCUT2D eigenvalue weighted by Gasteiger charge is 2.25. The van der Waals surface area contributed by atoms with Gasteiger partial charge in [-0.3, -0.25) is 0 Å². The molecule has 1 aliphatic heterocycles. The van der Waals surface area contributed by atoms with Gasteiger partial charge in [0.15, 0.2) is 0 Å². The quantitative estimate of drug-likeness (QED) is 0.846. The molecule has 1 fully saturated rings. The van der Waals surface area contributed by atoms with E-state index >= 15 is 0 Å². The van der Waals surface area contributed by atoms with E-state index in [1.807, 2.05) is 27.7 Å². The Morgan fingerprint density at radius 2 is 2.16 bits per heavy atom. The minimum absolute atomic E-state index is 0.0209. The van der Waals surface area contributed by atoms with E-state index in [1.165, 1.54) is 0 Å². The molecule has 1 rings (SSSR count). The Bertz CT molecular complexity index is 339. The number of carbonyl (C=O) groups is 2. The van der Waals surface area contributed by atoms with Crippen molar-refractivity contribution in [2.75, 3.05) is 26.7 Å². The van der Waals surface area contributed by atoms with E-state index in [9.17, 15) is 9.59 Å². The van der Waals surface area contributed by atoms with Gasteiger partial charge in [-0.25, -0.2) is 9.59 Å². The van der Waals surface area contributed by atoms with Gasteiger partial charge in [-0.2, -0.15) is 0 Å². The molecule has 0 aromatic carbocycles. The largest absolute Gasteiger partial charge is 0.444 e. The highest BCUT2D eigenvalue weighted by molar-refractivity contribution is 5.76. The first-order valence-corrected chi connectivity index (χ1v) is 6.69. The number of hydrogen-bond acceptors (Lipinski definition) is 3. The van der Waals surface area contributed by atoms with Gasteiger partial charge >= 0.3 is 12.1 Å². The molecule has 1 aliphatic rings. The molecule has 3 amide bonds. The van der Waals surface area contributed by atoms with Gasteiger partial charge in [0.1, 0.15) is 5.60 Å². The summed E-state index contributed by atoms with van der Waals surface area (Å²) in [4.78, 5) is 26.6. The molecule has 0 bridgehead atoms. The molecule has 6 heteroatoms. The summed E-state index contributed by atoms with van der Waals surface area (Å²) in [5, 5.41) is 2.77. The summed E-state index contributed by atoms with van der Waals surface area (Å²) >= 11 is 0. The lowest BCUT2D eigenvalue weighted by Crippen LogP contribution is -2.40. The first kappa shape index (κ1) is 15.6. The number of nitrogens with zero attached hydrogens (tertiary/aromatic N) is 2. The summed E-state index contributed by atoms with van der Waals surface area (Å²) in [5.41, 5.74) is -0.480. The number of nitrogens with one attached hydrogen (secondary N) is 1. The molecule has 0 radical (unpaired) electrons. The zero-order valence-electron chi connectivity index (χ0n) is 12.5. The smallest absolute Gasteiger partial charge is 0.410 e. The van der Waals surface area contributed by atoms with Crippen molar-refractivity contribution in [3.8, 4) is 0 Å². The topological polar surface area (TPSA) is 61.9 Å². The number of rotatable bonds is 4. The third-order valence-corrected chi connectivity index (χ3v) is 3.01. The highest BCUT2D eigenvalue weighted by Crippen LogP contribution is 2.11. The highest BCUT2D eigenvalue weighted by atomic mass is 16.6. The van der Waals surface area contributed by atoms with Gasteiger partial charge in [-0.05, 0) is 34.1 Å². The number of carbonyl (C=O) groups excluding carboxylic acids is 2. The minimum Gasteiger partial charge on any atom is -0.444 e. The molecule has 1 N–H and O–H groups in total. The normalized spacial score (nSPS) is 17.1. The van der Waals surface area contributed by atoms with E-state index in [1.54, 1.807) is 16.8 Å². The van der Waals surface area contributed by atoms with Crippen molar-refractivity contribution < 1.29 is 14.3 Å². The Kier molecular flexibility index (Phi) is 5.03. The molecule has 19 heavy (non-hydrogen) atoms. The fourth-order valence-corrected chi connectivity index (χ4v) is 1.87. The molecule has 6 nitrogen and oxygen atoms in total.